The predicted molar refractivity (Wildman–Crippen MR) is 434 cm³/mol. The van der Waals surface area contributed by atoms with E-state index in [0.29, 0.717) is 52.5 Å². The van der Waals surface area contributed by atoms with Crippen LogP contribution in [-0.4, -0.2) is 316 Å². The van der Waals surface area contributed by atoms with Gasteiger partial charge in [0.25, 0.3) is 0 Å². The number of carbonyl (C=O) groups excluding carboxylic acids is 14. The van der Waals surface area contributed by atoms with E-state index < -0.39 is 81.5 Å². The number of hydrogen-bond donors (Lipinski definition) is 0. The van der Waals surface area contributed by atoms with Gasteiger partial charge in [-0.3, -0.25) is 34.1 Å². The molecule has 4 heterocycles. The second-order valence-corrected chi connectivity index (χ2v) is 25.2. The van der Waals surface area contributed by atoms with Gasteiger partial charge in [0.2, 0.25) is 11.8 Å². The molecule has 2 aromatic rings. The molecule has 0 N–H and O–H groups in total. The number of likely N-dealkylation sites (N-methyl/N-ethyl adjacent to an activating group) is 2. The van der Waals surface area contributed by atoms with E-state index in [4.69, 9.17) is 33.2 Å². The molecule has 0 unspecified atom stereocenters. The smallest absolute Gasteiger partial charge is 0.331 e. The molecule has 4 aliphatic rings. The van der Waals surface area contributed by atoms with Crippen molar-refractivity contribution < 1.29 is 137 Å². The third-order valence-corrected chi connectivity index (χ3v) is 16.5. The fraction of sp³-hybridized carbons (Fsp3) is 0.525. The number of amides is 2. The summed E-state index contributed by atoms with van der Waals surface area (Å²) in [5, 5.41) is 0. The monoisotopic (exact) mass is 1670 g/mol. The second kappa shape index (κ2) is 72.0. The van der Waals surface area contributed by atoms with Crippen molar-refractivity contribution in [2.45, 2.75) is 83.2 Å². The van der Waals surface area contributed by atoms with E-state index in [2.05, 4.69) is 38.2 Å². The van der Waals surface area contributed by atoms with Crippen molar-refractivity contribution in [1.29, 1.82) is 0 Å². The Bertz CT molecular complexity index is 3400. The number of ether oxygens (including phenoxy) is 13. The zero-order chi connectivity index (χ0) is 81.7. The first kappa shape index (κ1) is 116. The summed E-state index contributed by atoms with van der Waals surface area (Å²) in [6.07, 6.45) is 16.4. The van der Waals surface area contributed by atoms with Gasteiger partial charge in [-0.15, -0.1) is 0 Å². The quantitative estimate of drug-likeness (QED) is 0.0377. The average Bonchev–Trinajstić information content (AvgIpc) is 1.74. The van der Waals surface area contributed by atoms with Crippen LogP contribution < -0.4 is 4.90 Å². The number of benzene rings is 2. The number of anilines is 1. The summed E-state index contributed by atoms with van der Waals surface area (Å²) in [6.45, 7) is 11.4. The summed E-state index contributed by atoms with van der Waals surface area (Å²) in [6, 6.07) is 19.8. The summed E-state index contributed by atoms with van der Waals surface area (Å²) in [7, 11) is 8.36. The number of hydrogen-bond acceptors (Lipinski definition) is 34. The largest absolute Gasteiger partial charge is 0.466 e. The van der Waals surface area contributed by atoms with Crippen molar-refractivity contribution in [3.8, 4) is 0 Å². The number of carbonyl (C=O) groups is 14. The molecule has 4 aliphatic heterocycles. The van der Waals surface area contributed by atoms with Gasteiger partial charge in [0.1, 0.15) is 39.6 Å². The molecule has 2 amide bonds. The zero-order valence-corrected chi connectivity index (χ0v) is 64.2. The van der Waals surface area contributed by atoms with Crippen molar-refractivity contribution in [2.75, 3.05) is 205 Å². The fourth-order valence-electron chi connectivity index (χ4n) is 8.80. The molecule has 2 aromatic carbocycles. The van der Waals surface area contributed by atoms with Gasteiger partial charge in [-0.05, 0) is 50.7 Å². The number of morpholine rings is 1. The van der Waals surface area contributed by atoms with E-state index in [1.165, 1.54) is 67.5 Å². The minimum atomic E-state index is -2.89. The van der Waals surface area contributed by atoms with E-state index in [1.807, 2.05) is 89.5 Å². The van der Waals surface area contributed by atoms with Gasteiger partial charge < -0.3 is 66.5 Å². The number of likely N-dealkylation sites (tertiary alicyclic amines) is 2. The summed E-state index contributed by atoms with van der Waals surface area (Å²) in [5.74, 6) is -7.36. The minimum absolute atomic E-state index is 0. The lowest BCUT2D eigenvalue weighted by Gasteiger charge is -2.25. The number of rotatable bonds is 33. The summed E-state index contributed by atoms with van der Waals surface area (Å²) < 4.78 is 83.0. The van der Waals surface area contributed by atoms with Crippen LogP contribution in [0.15, 0.2) is 134 Å². The number of nitrogens with zero attached hydrogens (tertiary/aromatic N) is 6. The van der Waals surface area contributed by atoms with Crippen molar-refractivity contribution >= 4 is 99.0 Å². The Hall–Kier alpha value is -10.8. The Morgan fingerprint density at radius 1 is 0.371 bits per heavy atom. The van der Waals surface area contributed by atoms with Gasteiger partial charge in [-0.2, -0.15) is 0 Å². The molecule has 35 nitrogen and oxygen atoms in total. The van der Waals surface area contributed by atoms with E-state index in [-0.39, 0.29) is 114 Å². The third kappa shape index (κ3) is 61.7. The maximum atomic E-state index is 11.3. The molecular formula is C80H126N6O29S. The third-order valence-electron chi connectivity index (χ3n) is 14.9. The summed E-state index contributed by atoms with van der Waals surface area (Å²) in [5.41, 5.74) is 2.25. The van der Waals surface area contributed by atoms with Crippen LogP contribution in [0.3, 0.4) is 0 Å². The van der Waals surface area contributed by atoms with Crippen molar-refractivity contribution in [3.63, 3.8) is 0 Å². The zero-order valence-electron chi connectivity index (χ0n) is 63.4. The molecule has 0 spiro atoms. The van der Waals surface area contributed by atoms with E-state index in [0.717, 1.165) is 136 Å². The van der Waals surface area contributed by atoms with Crippen LogP contribution in [-0.2, 0) is 145 Å². The first-order chi connectivity index (χ1) is 52.7. The molecule has 0 radical (unpaired) electrons. The van der Waals surface area contributed by atoms with Crippen LogP contribution in [0.2, 0.25) is 0 Å². The van der Waals surface area contributed by atoms with Crippen LogP contribution >= 0.6 is 0 Å². The van der Waals surface area contributed by atoms with Crippen LogP contribution in [0.4, 0.5) is 5.69 Å². The lowest BCUT2D eigenvalue weighted by atomic mass is 10.1. The highest BCUT2D eigenvalue weighted by molar-refractivity contribution is 7.91. The van der Waals surface area contributed by atoms with E-state index in [9.17, 15) is 75.5 Å². The maximum Gasteiger partial charge on any atom is 0.331 e. The number of esters is 12. The molecule has 4 fully saturated rings. The SMILES string of the molecule is C.C.C.C.C.C.COC(=O)/C=C/C(=O)OCCN(C)Cc1ccccc1.COC(=O)/C=C/C(=O)OCCN(C)c1ccccc1.COC(=O)/C=C/C(=O)OCCN1C(=O)CCC1=O.COC(=O)/C=C/C(=O)OCCN1CCCCC1.COC(=O)/C=C/C(=O)OCCN1CCOCC1.COC(=O)/C=C/C(=O)OCCN1CCS(=O)(=O)CC1. The maximum absolute atomic E-state index is 11.3. The van der Waals surface area contributed by atoms with Crippen molar-refractivity contribution in [1.82, 2.24) is 24.5 Å². The number of para-hydroxylation sites is 1. The van der Waals surface area contributed by atoms with Crippen LogP contribution in [0.1, 0.15) is 82.2 Å². The first-order valence-corrected chi connectivity index (χ1v) is 36.3. The Balaban J connectivity index is -0.000000310. The van der Waals surface area contributed by atoms with Gasteiger partial charge in [0, 0.05) is 157 Å². The Morgan fingerprint density at radius 3 is 0.991 bits per heavy atom. The normalized spacial score (nSPS) is 14.0. The molecule has 4 saturated heterocycles. The van der Waals surface area contributed by atoms with E-state index >= 15 is 0 Å². The molecule has 116 heavy (non-hydrogen) atoms. The van der Waals surface area contributed by atoms with Crippen LogP contribution in [0.25, 0.3) is 0 Å². The fourth-order valence-corrected chi connectivity index (χ4v) is 10.1. The molecule has 656 valence electrons. The minimum Gasteiger partial charge on any atom is -0.466 e. The molecule has 0 aliphatic carbocycles. The van der Waals surface area contributed by atoms with Gasteiger partial charge in [-0.1, -0.05) is 99.5 Å². The van der Waals surface area contributed by atoms with E-state index in [1.54, 1.807) is 0 Å². The van der Waals surface area contributed by atoms with Crippen molar-refractivity contribution in [3.05, 3.63) is 139 Å². The number of imide groups is 1. The topological polar surface area (TPSA) is 413 Å². The van der Waals surface area contributed by atoms with Gasteiger partial charge >= 0.3 is 71.6 Å². The number of sulfone groups is 1. The van der Waals surface area contributed by atoms with Gasteiger partial charge in [0.15, 0.2) is 9.84 Å². The molecule has 36 heteroatoms. The first-order valence-electron chi connectivity index (χ1n) is 34.5. The highest BCUT2D eigenvalue weighted by atomic mass is 32.2. The van der Waals surface area contributed by atoms with Crippen molar-refractivity contribution in [2.24, 2.45) is 0 Å². The Morgan fingerprint density at radius 2 is 0.655 bits per heavy atom. The lowest BCUT2D eigenvalue weighted by Crippen LogP contribution is -2.41. The summed E-state index contributed by atoms with van der Waals surface area (Å²) in [4.78, 5) is 165. The standard InChI is InChI=1S/C15H19NO4.C14H17NO4.C12H19NO4.C11H17NO6S.C11H13NO6.C11H17NO5.6CH4/c1-16(12-13-6-4-3-5-7-13)10-11-20-15(18)9-8-14(17)19-2;1-15(12-6-4-3-5-7-12)10-11-19-14(17)9-8-13(16)18-2;1-16-11(14)5-6-12(15)17-10-9-13-7-3-2-4-8-13;1-17-10(13)2-3-11(14)18-7-4-12-5-8-19(15,16)9-6-12;1-17-10(15)4-5-11(16)18-7-6-12-8(13)2-3-9(12)14;1-15-10(13)2-3-11(14)17-9-6-12-4-7-16-8-5-12;;;;;;/h3-9H,10-12H2,1-2H3;3-9H,10-11H2,1-2H3;5-6H,2-4,7-10H2,1H3;2-3H,4-9H2,1H3;4-5H,2-3,6-7H2,1H3;2-3H,4-9H2,1H3;6*1H4/b2*9-8+;6-5+;3-2+;5-4+;3-2+;;;;;;. The molecule has 0 saturated carbocycles. The van der Waals surface area contributed by atoms with Crippen LogP contribution in [0, 0.1) is 0 Å². The highest BCUT2D eigenvalue weighted by Crippen LogP contribution is 2.13. The lowest BCUT2D eigenvalue weighted by molar-refractivity contribution is -0.144. The van der Waals surface area contributed by atoms with Crippen LogP contribution in [0.5, 0.6) is 0 Å². The summed E-state index contributed by atoms with van der Waals surface area (Å²) >= 11 is 0. The molecular weight excluding hydrogens is 1540 g/mol. The van der Waals surface area contributed by atoms with Gasteiger partial charge in [-0.25, -0.2) is 66.0 Å². The molecule has 0 bridgehead atoms. The molecule has 0 aromatic heterocycles. The number of methoxy groups -OCH3 is 6. The molecule has 0 atom stereocenters. The second-order valence-electron chi connectivity index (χ2n) is 22.9. The average molecular weight is 1670 g/mol. The Kier molecular flexibility index (Phi) is 72.0. The molecule has 6 rings (SSSR count). The number of piperidine rings is 1. The predicted octanol–water partition coefficient (Wildman–Crippen LogP) is 5.34. The van der Waals surface area contributed by atoms with Gasteiger partial charge in [0.05, 0.1) is 80.5 Å². The highest BCUT2D eigenvalue weighted by Gasteiger charge is 2.28. The Labute approximate surface area is 684 Å².